The number of nitrogens with two attached hydrogens (primary N) is 1. The van der Waals surface area contributed by atoms with E-state index in [1.165, 1.54) is 30.6 Å². The van der Waals surface area contributed by atoms with Gasteiger partial charge in [-0.25, -0.2) is 13.1 Å². The summed E-state index contributed by atoms with van der Waals surface area (Å²) in [6.45, 7) is 2.45. The monoisotopic (exact) mass is 344 g/mol. The van der Waals surface area contributed by atoms with Crippen molar-refractivity contribution in [3.8, 4) is 0 Å². The van der Waals surface area contributed by atoms with Gasteiger partial charge >= 0.3 is 0 Å². The first-order valence-corrected chi connectivity index (χ1v) is 9.90. The molecule has 6 nitrogen and oxygen atoms in total. The molecule has 4 N–H and O–H groups in total. The maximum Gasteiger partial charge on any atom is 0.250 e. The van der Waals surface area contributed by atoms with Crippen LogP contribution in [0.25, 0.3) is 0 Å². The molecule has 1 saturated carbocycles. The molecule has 0 saturated heterocycles. The van der Waals surface area contributed by atoms with E-state index in [0.717, 1.165) is 17.7 Å². The van der Waals surface area contributed by atoms with E-state index >= 15 is 0 Å². The SMILES string of the molecule is Cc1ccc(S(=O)(=O)NCCN=C(N)NC2CCCCC2)s1. The van der Waals surface area contributed by atoms with E-state index in [1.807, 2.05) is 6.92 Å². The predicted octanol–water partition coefficient (Wildman–Crippen LogP) is 1.57. The number of sulfonamides is 1. The highest BCUT2D eigenvalue weighted by molar-refractivity contribution is 7.91. The second-order valence-corrected chi connectivity index (χ2v) is 8.79. The average molecular weight is 345 g/mol. The molecule has 0 unspecified atom stereocenters. The summed E-state index contributed by atoms with van der Waals surface area (Å²) in [6.07, 6.45) is 6.00. The summed E-state index contributed by atoms with van der Waals surface area (Å²) < 4.78 is 26.9. The third-order valence-corrected chi connectivity index (χ3v) is 6.58. The molecule has 1 aliphatic carbocycles. The maximum absolute atomic E-state index is 12.0. The molecule has 0 radical (unpaired) electrons. The first-order valence-electron chi connectivity index (χ1n) is 7.60. The van der Waals surface area contributed by atoms with Crippen molar-refractivity contribution < 1.29 is 8.42 Å². The summed E-state index contributed by atoms with van der Waals surface area (Å²) in [5.74, 6) is 0.401. The van der Waals surface area contributed by atoms with Crippen LogP contribution in [0.1, 0.15) is 37.0 Å². The minimum absolute atomic E-state index is 0.242. The number of thiophene rings is 1. The molecule has 0 spiro atoms. The van der Waals surface area contributed by atoms with Gasteiger partial charge in [-0.15, -0.1) is 11.3 Å². The van der Waals surface area contributed by atoms with Gasteiger partial charge in [0.25, 0.3) is 0 Å². The van der Waals surface area contributed by atoms with Crippen LogP contribution in [0, 0.1) is 6.92 Å². The highest BCUT2D eigenvalue weighted by Crippen LogP contribution is 2.20. The molecular formula is C14H24N4O2S2. The zero-order valence-electron chi connectivity index (χ0n) is 12.8. The average Bonchev–Trinajstić information content (AvgIpc) is 2.92. The number of hydrogen-bond donors (Lipinski definition) is 3. The van der Waals surface area contributed by atoms with E-state index < -0.39 is 10.0 Å². The Labute approximate surface area is 136 Å². The minimum Gasteiger partial charge on any atom is -0.370 e. The van der Waals surface area contributed by atoms with Crippen molar-refractivity contribution >= 4 is 27.3 Å². The van der Waals surface area contributed by atoms with Crippen LogP contribution in [0.5, 0.6) is 0 Å². The van der Waals surface area contributed by atoms with Crippen molar-refractivity contribution in [3.05, 3.63) is 17.0 Å². The van der Waals surface area contributed by atoms with E-state index in [0.29, 0.717) is 22.8 Å². The molecule has 0 atom stereocenters. The predicted molar refractivity (Wildman–Crippen MR) is 90.7 cm³/mol. The van der Waals surface area contributed by atoms with Crippen molar-refractivity contribution in [2.24, 2.45) is 10.7 Å². The lowest BCUT2D eigenvalue weighted by molar-refractivity contribution is 0.412. The van der Waals surface area contributed by atoms with Gasteiger partial charge in [-0.2, -0.15) is 0 Å². The van der Waals surface area contributed by atoms with Crippen molar-refractivity contribution in [2.75, 3.05) is 13.1 Å². The van der Waals surface area contributed by atoms with E-state index in [2.05, 4.69) is 15.0 Å². The summed E-state index contributed by atoms with van der Waals surface area (Å²) in [5, 5.41) is 3.20. The normalized spacial score (nSPS) is 17.6. The minimum atomic E-state index is -3.43. The van der Waals surface area contributed by atoms with Crippen molar-refractivity contribution in [1.29, 1.82) is 0 Å². The summed E-state index contributed by atoms with van der Waals surface area (Å²) in [6, 6.07) is 3.82. The Morgan fingerprint density at radius 1 is 1.36 bits per heavy atom. The third kappa shape index (κ3) is 5.26. The van der Waals surface area contributed by atoms with Gasteiger partial charge in [0.05, 0.1) is 6.54 Å². The van der Waals surface area contributed by atoms with Crippen molar-refractivity contribution in [3.63, 3.8) is 0 Å². The topological polar surface area (TPSA) is 96.6 Å². The second kappa shape index (κ2) is 7.94. The molecule has 8 heteroatoms. The van der Waals surface area contributed by atoms with Crippen molar-refractivity contribution in [1.82, 2.24) is 10.0 Å². The Bertz CT molecular complexity index is 604. The highest BCUT2D eigenvalue weighted by atomic mass is 32.2. The third-order valence-electron chi connectivity index (χ3n) is 3.62. The Morgan fingerprint density at radius 3 is 2.73 bits per heavy atom. The van der Waals surface area contributed by atoms with Gasteiger partial charge in [-0.3, -0.25) is 4.99 Å². The zero-order chi connectivity index (χ0) is 16.0. The molecule has 1 heterocycles. The van der Waals surface area contributed by atoms with Crippen LogP contribution in [0.2, 0.25) is 0 Å². The summed E-state index contributed by atoms with van der Waals surface area (Å²) >= 11 is 1.26. The molecular weight excluding hydrogens is 320 g/mol. The number of nitrogens with zero attached hydrogens (tertiary/aromatic N) is 1. The Kier molecular flexibility index (Phi) is 6.22. The van der Waals surface area contributed by atoms with Crippen molar-refractivity contribution in [2.45, 2.75) is 49.3 Å². The van der Waals surface area contributed by atoms with Gasteiger partial charge in [0.1, 0.15) is 4.21 Å². The summed E-state index contributed by atoms with van der Waals surface area (Å²) in [5.41, 5.74) is 5.83. The highest BCUT2D eigenvalue weighted by Gasteiger charge is 2.15. The van der Waals surface area contributed by atoms with Crippen LogP contribution in [0.4, 0.5) is 0 Å². The Balaban J connectivity index is 1.74. The number of aliphatic imine (C=N–C) groups is 1. The quantitative estimate of drug-likeness (QED) is 0.414. The van der Waals surface area contributed by atoms with E-state index in [1.54, 1.807) is 12.1 Å². The largest absolute Gasteiger partial charge is 0.370 e. The van der Waals surface area contributed by atoms with Gasteiger partial charge in [-0.05, 0) is 31.9 Å². The van der Waals surface area contributed by atoms with Gasteiger partial charge in [0.2, 0.25) is 10.0 Å². The van der Waals surface area contributed by atoms with Gasteiger partial charge in [-0.1, -0.05) is 19.3 Å². The van der Waals surface area contributed by atoms with Crippen LogP contribution in [-0.2, 0) is 10.0 Å². The molecule has 0 aromatic carbocycles. The molecule has 1 aromatic rings. The molecule has 1 aromatic heterocycles. The molecule has 124 valence electrons. The van der Waals surface area contributed by atoms with Gasteiger partial charge in [0, 0.05) is 17.5 Å². The summed E-state index contributed by atoms with van der Waals surface area (Å²) in [7, 11) is -3.43. The fraction of sp³-hybridized carbons (Fsp3) is 0.643. The molecule has 1 fully saturated rings. The van der Waals surface area contributed by atoms with Gasteiger partial charge < -0.3 is 11.1 Å². The lowest BCUT2D eigenvalue weighted by atomic mass is 9.96. The second-order valence-electron chi connectivity index (χ2n) is 5.51. The number of rotatable bonds is 6. The van der Waals surface area contributed by atoms with E-state index in [4.69, 9.17) is 5.73 Å². The van der Waals surface area contributed by atoms with Gasteiger partial charge in [0.15, 0.2) is 5.96 Å². The zero-order valence-corrected chi connectivity index (χ0v) is 14.5. The lowest BCUT2D eigenvalue weighted by Gasteiger charge is -2.23. The fourth-order valence-corrected chi connectivity index (χ4v) is 4.83. The van der Waals surface area contributed by atoms with Crippen LogP contribution < -0.4 is 15.8 Å². The number of hydrogen-bond acceptors (Lipinski definition) is 4. The molecule has 2 rings (SSSR count). The molecule has 22 heavy (non-hydrogen) atoms. The Hall–Kier alpha value is -1.12. The number of nitrogens with one attached hydrogen (secondary N) is 2. The van der Waals surface area contributed by atoms with Crippen LogP contribution in [0.15, 0.2) is 21.3 Å². The lowest BCUT2D eigenvalue weighted by Crippen LogP contribution is -2.41. The van der Waals surface area contributed by atoms with Crippen LogP contribution in [0.3, 0.4) is 0 Å². The number of aryl methyl sites for hydroxylation is 1. The molecule has 0 bridgehead atoms. The van der Waals surface area contributed by atoms with E-state index in [-0.39, 0.29) is 6.54 Å². The molecule has 0 amide bonds. The standard InChI is InChI=1S/C14H24N4O2S2/c1-11-7-8-13(21-11)22(19,20)17-10-9-16-14(15)18-12-5-3-2-4-6-12/h7-8,12,17H,2-6,9-10H2,1H3,(H3,15,16,18). The molecule has 0 aliphatic heterocycles. The van der Waals surface area contributed by atoms with Crippen LogP contribution >= 0.6 is 11.3 Å². The first-order chi connectivity index (χ1) is 10.5. The first kappa shape index (κ1) is 17.2. The smallest absolute Gasteiger partial charge is 0.250 e. The fourth-order valence-electron chi connectivity index (χ4n) is 2.49. The van der Waals surface area contributed by atoms with E-state index in [9.17, 15) is 8.42 Å². The Morgan fingerprint density at radius 2 is 2.09 bits per heavy atom. The molecule has 1 aliphatic rings. The number of guanidine groups is 1. The summed E-state index contributed by atoms with van der Waals surface area (Å²) in [4.78, 5) is 5.15. The maximum atomic E-state index is 12.0. The van der Waals surface area contributed by atoms with Crippen LogP contribution in [-0.4, -0.2) is 33.5 Å².